The lowest BCUT2D eigenvalue weighted by Crippen LogP contribution is -2.27. The fourth-order valence-electron chi connectivity index (χ4n) is 2.16. The van der Waals surface area contributed by atoms with Crippen LogP contribution in [0.4, 0.5) is 0 Å². The average Bonchev–Trinajstić information content (AvgIpc) is 2.91. The molecule has 0 saturated heterocycles. The van der Waals surface area contributed by atoms with E-state index in [4.69, 9.17) is 0 Å². The maximum Gasteiger partial charge on any atom is 0.251 e. The molecule has 1 atom stereocenters. The summed E-state index contributed by atoms with van der Waals surface area (Å²) in [7, 11) is 0. The van der Waals surface area contributed by atoms with Crippen LogP contribution in [-0.2, 0) is 0 Å². The van der Waals surface area contributed by atoms with Gasteiger partial charge in [0, 0.05) is 10.0 Å². The van der Waals surface area contributed by atoms with E-state index in [-0.39, 0.29) is 11.9 Å². The maximum absolute atomic E-state index is 12.2. The Morgan fingerprint density at radius 2 is 2.05 bits per heavy atom. The first kappa shape index (κ1) is 13.8. The zero-order chi connectivity index (χ0) is 14.8. The summed E-state index contributed by atoms with van der Waals surface area (Å²) in [6, 6.07) is 14.9. The number of nitrogens with zero attached hydrogens (tertiary/aromatic N) is 1. The molecule has 3 aromatic rings. The largest absolute Gasteiger partial charge is 0.342 e. The molecular weight excluding hydrogens is 330 g/mol. The first-order chi connectivity index (χ1) is 10.1. The first-order valence-electron chi connectivity index (χ1n) is 6.64. The fourth-order valence-corrected chi connectivity index (χ4v) is 2.55. The predicted molar refractivity (Wildman–Crippen MR) is 86.1 cm³/mol. The number of imidazole rings is 1. The van der Waals surface area contributed by atoms with Gasteiger partial charge in [-0.2, -0.15) is 0 Å². The number of aromatic amines is 1. The molecule has 0 unspecified atom stereocenters. The third-order valence-corrected chi connectivity index (χ3v) is 3.75. The molecule has 0 saturated carbocycles. The summed E-state index contributed by atoms with van der Waals surface area (Å²) in [5.74, 6) is 0.629. The van der Waals surface area contributed by atoms with E-state index in [0.29, 0.717) is 5.56 Å². The molecule has 0 aliphatic carbocycles. The van der Waals surface area contributed by atoms with Crippen LogP contribution >= 0.6 is 15.9 Å². The number of fused-ring (bicyclic) bond motifs is 1. The highest BCUT2D eigenvalue weighted by atomic mass is 79.9. The van der Waals surface area contributed by atoms with Crippen molar-refractivity contribution in [2.24, 2.45) is 0 Å². The highest BCUT2D eigenvalue weighted by molar-refractivity contribution is 9.10. The standard InChI is InChI=1S/C16H14BrN3O/c1-10(15-19-13-7-2-3-8-14(13)20-15)18-16(21)11-5-4-6-12(17)9-11/h2-10H,1H3,(H,18,21)(H,19,20)/t10-/m0/s1. The molecule has 0 fully saturated rings. The topological polar surface area (TPSA) is 57.8 Å². The number of H-pyrrole nitrogens is 1. The highest BCUT2D eigenvalue weighted by Gasteiger charge is 2.14. The summed E-state index contributed by atoms with van der Waals surface area (Å²) >= 11 is 3.37. The van der Waals surface area contributed by atoms with Crippen LogP contribution in [0.3, 0.4) is 0 Å². The van der Waals surface area contributed by atoms with E-state index in [1.807, 2.05) is 43.3 Å². The van der Waals surface area contributed by atoms with Gasteiger partial charge in [-0.1, -0.05) is 34.1 Å². The monoisotopic (exact) mass is 343 g/mol. The normalized spacial score (nSPS) is 12.3. The van der Waals surface area contributed by atoms with E-state index in [0.717, 1.165) is 21.3 Å². The Morgan fingerprint density at radius 1 is 1.24 bits per heavy atom. The molecule has 0 bridgehead atoms. The third kappa shape index (κ3) is 2.97. The van der Waals surface area contributed by atoms with Crippen LogP contribution in [0.15, 0.2) is 53.0 Å². The highest BCUT2D eigenvalue weighted by Crippen LogP contribution is 2.17. The summed E-state index contributed by atoms with van der Waals surface area (Å²) < 4.78 is 0.881. The minimum atomic E-state index is -0.191. The lowest BCUT2D eigenvalue weighted by Gasteiger charge is -2.11. The van der Waals surface area contributed by atoms with Crippen LogP contribution in [0.5, 0.6) is 0 Å². The Bertz CT molecular complexity index is 764. The number of carbonyl (C=O) groups is 1. The van der Waals surface area contributed by atoms with E-state index in [2.05, 4.69) is 31.2 Å². The Labute approximate surface area is 130 Å². The predicted octanol–water partition coefficient (Wildman–Crippen LogP) is 3.82. The number of hydrogen-bond donors (Lipinski definition) is 2. The van der Waals surface area contributed by atoms with Crippen LogP contribution < -0.4 is 5.32 Å². The van der Waals surface area contributed by atoms with Gasteiger partial charge in [-0.3, -0.25) is 4.79 Å². The van der Waals surface area contributed by atoms with Crippen molar-refractivity contribution in [1.82, 2.24) is 15.3 Å². The van der Waals surface area contributed by atoms with Gasteiger partial charge in [-0.15, -0.1) is 0 Å². The van der Waals surface area contributed by atoms with Gasteiger partial charge in [0.2, 0.25) is 0 Å². The van der Waals surface area contributed by atoms with Gasteiger partial charge in [0.15, 0.2) is 0 Å². The first-order valence-corrected chi connectivity index (χ1v) is 7.44. The Balaban J connectivity index is 1.79. The molecule has 5 heteroatoms. The third-order valence-electron chi connectivity index (χ3n) is 3.25. The number of benzene rings is 2. The number of nitrogens with one attached hydrogen (secondary N) is 2. The summed E-state index contributed by atoms with van der Waals surface area (Å²) in [4.78, 5) is 19.9. The molecule has 1 aromatic heterocycles. The number of carbonyl (C=O) groups excluding carboxylic acids is 1. The molecule has 2 aromatic carbocycles. The van der Waals surface area contributed by atoms with Gasteiger partial charge < -0.3 is 10.3 Å². The Kier molecular flexibility index (Phi) is 3.75. The molecule has 0 spiro atoms. The van der Waals surface area contributed by atoms with Crippen molar-refractivity contribution in [2.75, 3.05) is 0 Å². The lowest BCUT2D eigenvalue weighted by molar-refractivity contribution is 0.0938. The van der Waals surface area contributed by atoms with Gasteiger partial charge in [-0.05, 0) is 37.3 Å². The summed E-state index contributed by atoms with van der Waals surface area (Å²) in [5, 5.41) is 2.95. The van der Waals surface area contributed by atoms with Gasteiger partial charge >= 0.3 is 0 Å². The number of aromatic nitrogens is 2. The van der Waals surface area contributed by atoms with Crippen molar-refractivity contribution >= 4 is 32.9 Å². The van der Waals surface area contributed by atoms with Gasteiger partial charge in [0.1, 0.15) is 5.82 Å². The van der Waals surface area contributed by atoms with Crippen molar-refractivity contribution in [2.45, 2.75) is 13.0 Å². The molecule has 0 aliphatic rings. The van der Waals surface area contributed by atoms with Crippen molar-refractivity contribution in [3.8, 4) is 0 Å². The zero-order valence-electron chi connectivity index (χ0n) is 11.4. The van der Waals surface area contributed by atoms with Crippen molar-refractivity contribution in [1.29, 1.82) is 0 Å². The SMILES string of the molecule is C[C@H](NC(=O)c1cccc(Br)c1)c1nc2ccccc2[nH]1. The Morgan fingerprint density at radius 3 is 2.81 bits per heavy atom. The second-order valence-corrected chi connectivity index (χ2v) is 5.76. The molecule has 0 radical (unpaired) electrons. The second kappa shape index (κ2) is 5.69. The van der Waals surface area contributed by atoms with E-state index >= 15 is 0 Å². The minimum absolute atomic E-state index is 0.121. The minimum Gasteiger partial charge on any atom is -0.342 e. The number of hydrogen-bond acceptors (Lipinski definition) is 2. The number of rotatable bonds is 3. The smallest absolute Gasteiger partial charge is 0.251 e. The zero-order valence-corrected chi connectivity index (χ0v) is 13.0. The van der Waals surface area contributed by atoms with Crippen molar-refractivity contribution < 1.29 is 4.79 Å². The maximum atomic E-state index is 12.2. The summed E-state index contributed by atoms with van der Waals surface area (Å²) in [6.45, 7) is 1.91. The quantitative estimate of drug-likeness (QED) is 0.759. The molecule has 1 amide bonds. The van der Waals surface area contributed by atoms with E-state index in [1.165, 1.54) is 0 Å². The molecule has 1 heterocycles. The van der Waals surface area contributed by atoms with Crippen LogP contribution in [0, 0.1) is 0 Å². The number of amides is 1. The Hall–Kier alpha value is -2.14. The number of para-hydroxylation sites is 2. The van der Waals surface area contributed by atoms with Crippen molar-refractivity contribution in [3.63, 3.8) is 0 Å². The van der Waals surface area contributed by atoms with E-state index in [1.54, 1.807) is 12.1 Å². The lowest BCUT2D eigenvalue weighted by atomic mass is 10.2. The van der Waals surface area contributed by atoms with Gasteiger partial charge in [0.05, 0.1) is 17.1 Å². The van der Waals surface area contributed by atoms with Crippen LogP contribution in [0.25, 0.3) is 11.0 Å². The average molecular weight is 344 g/mol. The summed E-state index contributed by atoms with van der Waals surface area (Å²) in [6.07, 6.45) is 0. The molecule has 3 rings (SSSR count). The molecular formula is C16H14BrN3O. The fraction of sp³-hybridized carbons (Fsp3) is 0.125. The van der Waals surface area contributed by atoms with E-state index in [9.17, 15) is 4.79 Å². The molecule has 2 N–H and O–H groups in total. The molecule has 0 aliphatic heterocycles. The van der Waals surface area contributed by atoms with Crippen LogP contribution in [0.1, 0.15) is 29.1 Å². The van der Waals surface area contributed by atoms with Crippen LogP contribution in [0.2, 0.25) is 0 Å². The van der Waals surface area contributed by atoms with E-state index < -0.39 is 0 Å². The van der Waals surface area contributed by atoms with Crippen LogP contribution in [-0.4, -0.2) is 15.9 Å². The van der Waals surface area contributed by atoms with Crippen molar-refractivity contribution in [3.05, 3.63) is 64.4 Å². The molecule has 4 nitrogen and oxygen atoms in total. The summed E-state index contributed by atoms with van der Waals surface area (Å²) in [5.41, 5.74) is 2.49. The second-order valence-electron chi connectivity index (χ2n) is 4.84. The van der Waals surface area contributed by atoms with Gasteiger partial charge in [0.25, 0.3) is 5.91 Å². The molecule has 106 valence electrons. The molecule has 21 heavy (non-hydrogen) atoms. The number of halogens is 1. The van der Waals surface area contributed by atoms with Gasteiger partial charge in [-0.25, -0.2) is 4.98 Å².